The largest absolute Gasteiger partial charge is 0.465 e. The second kappa shape index (κ2) is 22.3. The van der Waals surface area contributed by atoms with Crippen molar-refractivity contribution in [1.29, 1.82) is 0 Å². The molecule has 0 aliphatic rings. The van der Waals surface area contributed by atoms with Gasteiger partial charge in [-0.3, -0.25) is 9.59 Å². The lowest BCUT2D eigenvalue weighted by Gasteiger charge is -2.27. The van der Waals surface area contributed by atoms with Crippen LogP contribution in [0.3, 0.4) is 0 Å². The van der Waals surface area contributed by atoms with Gasteiger partial charge in [-0.1, -0.05) is 130 Å². The van der Waals surface area contributed by atoms with Crippen LogP contribution in [0.4, 0.5) is 22.0 Å². The predicted molar refractivity (Wildman–Crippen MR) is 159 cm³/mol. The van der Waals surface area contributed by atoms with Gasteiger partial charge in [-0.2, -0.15) is 0 Å². The Balaban J connectivity index is 2.23. The number of esters is 2. The maximum Gasteiger partial charge on any atom is 0.323 e. The quantitative estimate of drug-likeness (QED) is 0.0273. The summed E-state index contributed by atoms with van der Waals surface area (Å²) in [7, 11) is 0. The summed E-state index contributed by atoms with van der Waals surface area (Å²) in [4.78, 5) is 25.6. The van der Waals surface area contributed by atoms with Gasteiger partial charge in [0.25, 0.3) is 0 Å². The maximum absolute atomic E-state index is 13.9. The molecule has 0 saturated carbocycles. The van der Waals surface area contributed by atoms with Crippen molar-refractivity contribution < 1.29 is 41.0 Å². The van der Waals surface area contributed by atoms with E-state index in [4.69, 9.17) is 9.47 Å². The molecule has 0 spiro atoms. The SMILES string of the molecule is CCCCCCCCCCCCCCCCCCCCOC(=O)C(CC)(CC)C(=O)OCc1c(F)c(F)c(F)c(F)c1F. The van der Waals surface area contributed by atoms with Crippen LogP contribution in [-0.4, -0.2) is 18.5 Å². The summed E-state index contributed by atoms with van der Waals surface area (Å²) >= 11 is 0. The average molecular weight is 621 g/mol. The summed E-state index contributed by atoms with van der Waals surface area (Å²) in [6.07, 6.45) is 22.2. The van der Waals surface area contributed by atoms with Crippen LogP contribution in [0.1, 0.15) is 155 Å². The minimum atomic E-state index is -2.30. The Hall–Kier alpha value is -2.19. The van der Waals surface area contributed by atoms with Gasteiger partial charge in [0.05, 0.1) is 12.2 Å². The molecule has 0 atom stereocenters. The van der Waals surface area contributed by atoms with Crippen molar-refractivity contribution in [2.45, 2.75) is 156 Å². The number of benzene rings is 1. The first kappa shape index (κ1) is 38.8. The third-order valence-electron chi connectivity index (χ3n) is 8.37. The molecule has 4 nitrogen and oxygen atoms in total. The van der Waals surface area contributed by atoms with Gasteiger partial charge in [-0.15, -0.1) is 0 Å². The van der Waals surface area contributed by atoms with Crippen LogP contribution in [0.2, 0.25) is 0 Å². The molecule has 0 radical (unpaired) electrons. The van der Waals surface area contributed by atoms with Crippen LogP contribution < -0.4 is 0 Å². The fraction of sp³-hybridized carbons (Fsp3) is 0.765. The second-order valence-electron chi connectivity index (χ2n) is 11.6. The highest BCUT2D eigenvalue weighted by Gasteiger charge is 2.46. The minimum Gasteiger partial charge on any atom is -0.465 e. The molecule has 43 heavy (non-hydrogen) atoms. The Labute approximate surface area is 255 Å². The van der Waals surface area contributed by atoms with Crippen molar-refractivity contribution in [1.82, 2.24) is 0 Å². The summed E-state index contributed by atoms with van der Waals surface area (Å²) in [5.74, 6) is -12.7. The van der Waals surface area contributed by atoms with Crippen molar-refractivity contribution in [2.75, 3.05) is 6.61 Å². The monoisotopic (exact) mass is 620 g/mol. The maximum atomic E-state index is 13.9. The highest BCUT2D eigenvalue weighted by atomic mass is 19.2. The van der Waals surface area contributed by atoms with Gasteiger partial charge in [0, 0.05) is 0 Å². The number of ether oxygens (including phenoxy) is 2. The minimum absolute atomic E-state index is 0.0165. The van der Waals surface area contributed by atoms with Gasteiger partial charge in [0.15, 0.2) is 28.7 Å². The summed E-state index contributed by atoms with van der Waals surface area (Å²) < 4.78 is 78.3. The van der Waals surface area contributed by atoms with Crippen molar-refractivity contribution in [2.24, 2.45) is 5.41 Å². The lowest BCUT2D eigenvalue weighted by atomic mass is 9.82. The first-order valence-electron chi connectivity index (χ1n) is 16.5. The molecule has 1 aromatic carbocycles. The van der Waals surface area contributed by atoms with Crippen molar-refractivity contribution in [3.05, 3.63) is 34.6 Å². The molecular formula is C34H53F5O4. The number of rotatable bonds is 25. The molecule has 9 heteroatoms. The molecule has 0 unspecified atom stereocenters. The Morgan fingerprint density at radius 3 is 1.19 bits per heavy atom. The van der Waals surface area contributed by atoms with E-state index in [1.54, 1.807) is 13.8 Å². The predicted octanol–water partition coefficient (Wildman–Crippen LogP) is 10.8. The van der Waals surface area contributed by atoms with E-state index in [1.807, 2.05) is 0 Å². The molecule has 0 aliphatic carbocycles. The zero-order valence-electron chi connectivity index (χ0n) is 26.6. The lowest BCUT2D eigenvalue weighted by Crippen LogP contribution is -2.41. The van der Waals surface area contributed by atoms with Crippen LogP contribution in [0.5, 0.6) is 0 Å². The van der Waals surface area contributed by atoms with Crippen molar-refractivity contribution in [3.8, 4) is 0 Å². The van der Waals surface area contributed by atoms with Gasteiger partial charge >= 0.3 is 11.9 Å². The van der Waals surface area contributed by atoms with Crippen molar-refractivity contribution >= 4 is 11.9 Å². The standard InChI is InChI=1S/C34H53F5O4/c1-4-7-8-9-10-11-12-13-14-15-16-17-18-19-20-21-22-23-24-42-32(40)34(5-2,6-3)33(41)43-25-26-27(35)29(37)31(39)30(38)28(26)36/h4-25H2,1-3H3. The van der Waals surface area contributed by atoms with E-state index in [0.29, 0.717) is 6.42 Å². The van der Waals surface area contributed by atoms with E-state index in [-0.39, 0.29) is 19.4 Å². The zero-order chi connectivity index (χ0) is 32.1. The third kappa shape index (κ3) is 13.1. The van der Waals surface area contributed by atoms with Gasteiger partial charge in [-0.25, -0.2) is 22.0 Å². The Kier molecular flexibility index (Phi) is 20.2. The van der Waals surface area contributed by atoms with Crippen LogP contribution in [-0.2, 0) is 25.7 Å². The van der Waals surface area contributed by atoms with E-state index in [0.717, 1.165) is 19.3 Å². The highest BCUT2D eigenvalue weighted by Crippen LogP contribution is 2.32. The average Bonchev–Trinajstić information content (AvgIpc) is 3.01. The molecule has 0 heterocycles. The van der Waals surface area contributed by atoms with E-state index >= 15 is 0 Å². The van der Waals surface area contributed by atoms with Gasteiger partial charge in [0.2, 0.25) is 5.82 Å². The number of halogens is 5. The molecule has 0 saturated heterocycles. The van der Waals surface area contributed by atoms with Crippen LogP contribution in [0, 0.1) is 34.5 Å². The fourth-order valence-electron chi connectivity index (χ4n) is 5.27. The number of hydrogen-bond donors (Lipinski definition) is 0. The van der Waals surface area contributed by atoms with Crippen LogP contribution >= 0.6 is 0 Å². The molecular weight excluding hydrogens is 567 g/mol. The summed E-state index contributed by atoms with van der Waals surface area (Å²) in [5.41, 5.74) is -3.02. The highest BCUT2D eigenvalue weighted by molar-refractivity contribution is 6.00. The molecule has 0 amide bonds. The molecule has 0 aromatic heterocycles. The zero-order valence-corrected chi connectivity index (χ0v) is 26.6. The van der Waals surface area contributed by atoms with Gasteiger partial charge < -0.3 is 9.47 Å². The van der Waals surface area contributed by atoms with Gasteiger partial charge in [0.1, 0.15) is 6.61 Å². The van der Waals surface area contributed by atoms with Crippen LogP contribution in [0.15, 0.2) is 0 Å². The summed E-state index contributed by atoms with van der Waals surface area (Å²) in [5, 5.41) is 0. The first-order valence-corrected chi connectivity index (χ1v) is 16.5. The second-order valence-corrected chi connectivity index (χ2v) is 11.6. The molecule has 248 valence electrons. The van der Waals surface area contributed by atoms with Gasteiger partial charge in [-0.05, 0) is 19.3 Å². The van der Waals surface area contributed by atoms with Crippen LogP contribution in [0.25, 0.3) is 0 Å². The van der Waals surface area contributed by atoms with E-state index < -0.39 is 58.6 Å². The molecule has 0 bridgehead atoms. The van der Waals surface area contributed by atoms with E-state index in [1.165, 1.54) is 89.9 Å². The van der Waals surface area contributed by atoms with E-state index in [2.05, 4.69) is 6.92 Å². The normalized spacial score (nSPS) is 11.6. The summed E-state index contributed by atoms with van der Waals surface area (Å²) in [6.45, 7) is 4.27. The van der Waals surface area contributed by atoms with E-state index in [9.17, 15) is 31.5 Å². The number of unbranched alkanes of at least 4 members (excludes halogenated alkanes) is 17. The molecule has 0 aliphatic heterocycles. The smallest absolute Gasteiger partial charge is 0.323 e. The number of carbonyl (C=O) groups excluding carboxylic acids is 2. The Bertz CT molecular complexity index is 920. The molecule has 0 fully saturated rings. The Morgan fingerprint density at radius 2 is 0.814 bits per heavy atom. The number of hydrogen-bond acceptors (Lipinski definition) is 4. The Morgan fingerprint density at radius 1 is 0.488 bits per heavy atom. The third-order valence-corrected chi connectivity index (χ3v) is 8.37. The lowest BCUT2D eigenvalue weighted by molar-refractivity contribution is -0.174. The summed E-state index contributed by atoms with van der Waals surface area (Å²) in [6, 6.07) is 0. The fourth-order valence-corrected chi connectivity index (χ4v) is 5.27. The molecule has 1 rings (SSSR count). The topological polar surface area (TPSA) is 52.6 Å². The van der Waals surface area contributed by atoms with Crippen molar-refractivity contribution in [3.63, 3.8) is 0 Å². The molecule has 1 aromatic rings. The number of carbonyl (C=O) groups is 2. The first-order chi connectivity index (χ1) is 20.7. The molecule has 0 N–H and O–H groups in total.